The molecule has 108 valence electrons. The molecule has 1 spiro atoms. The highest BCUT2D eigenvalue weighted by Gasteiger charge is 2.42. The molecule has 3 unspecified atom stereocenters. The van der Waals surface area contributed by atoms with Gasteiger partial charge in [-0.05, 0) is 68.3 Å². The van der Waals surface area contributed by atoms with Crippen molar-refractivity contribution in [1.29, 1.82) is 0 Å². The molecule has 3 atom stereocenters. The average Bonchev–Trinajstić information content (AvgIpc) is 2.48. The second kappa shape index (κ2) is 6.19. The molecule has 3 rings (SSSR count). The van der Waals surface area contributed by atoms with Crippen LogP contribution >= 0.6 is 11.8 Å². The minimum atomic E-state index is -0.111. The highest BCUT2D eigenvalue weighted by Crippen LogP contribution is 2.42. The fourth-order valence-electron chi connectivity index (χ4n) is 3.96. The summed E-state index contributed by atoms with van der Waals surface area (Å²) >= 11 is 2.05. The van der Waals surface area contributed by atoms with Gasteiger partial charge in [-0.15, -0.1) is 0 Å². The second-order valence-corrected chi connectivity index (χ2v) is 7.66. The van der Waals surface area contributed by atoms with Gasteiger partial charge in [0.05, 0.1) is 11.7 Å². The van der Waals surface area contributed by atoms with E-state index in [1.54, 1.807) is 0 Å². The molecule has 2 heterocycles. The van der Waals surface area contributed by atoms with Crippen LogP contribution in [0.3, 0.4) is 0 Å². The maximum atomic E-state index is 10.7. The normalized spacial score (nSPS) is 36.3. The molecule has 0 saturated carbocycles. The molecule has 1 N–H and O–H groups in total. The third-order valence-corrected chi connectivity index (χ3v) is 6.20. The SMILES string of the molecule is OC(C1CC=CCC1)C1CCOC2(CCSCC2)C1. The summed E-state index contributed by atoms with van der Waals surface area (Å²) < 4.78 is 6.14. The first-order valence-electron chi connectivity index (χ1n) is 7.84. The lowest BCUT2D eigenvalue weighted by Crippen LogP contribution is -2.46. The fourth-order valence-corrected chi connectivity index (χ4v) is 5.20. The molecular formula is C16H26O2S. The van der Waals surface area contributed by atoms with Gasteiger partial charge >= 0.3 is 0 Å². The van der Waals surface area contributed by atoms with Crippen LogP contribution in [0.15, 0.2) is 12.2 Å². The van der Waals surface area contributed by atoms with Crippen LogP contribution in [0, 0.1) is 11.8 Å². The van der Waals surface area contributed by atoms with E-state index in [1.807, 2.05) is 11.8 Å². The molecular weight excluding hydrogens is 256 g/mol. The van der Waals surface area contributed by atoms with E-state index in [-0.39, 0.29) is 11.7 Å². The number of aliphatic hydroxyl groups excluding tert-OH is 1. The van der Waals surface area contributed by atoms with Crippen LogP contribution in [0.1, 0.15) is 44.9 Å². The molecule has 0 aromatic heterocycles. The van der Waals surface area contributed by atoms with Crippen molar-refractivity contribution in [2.45, 2.75) is 56.7 Å². The lowest BCUT2D eigenvalue weighted by atomic mass is 9.74. The molecule has 2 nitrogen and oxygen atoms in total. The van der Waals surface area contributed by atoms with Crippen LogP contribution in [0.2, 0.25) is 0 Å². The van der Waals surface area contributed by atoms with Crippen LogP contribution < -0.4 is 0 Å². The summed E-state index contributed by atoms with van der Waals surface area (Å²) in [7, 11) is 0. The quantitative estimate of drug-likeness (QED) is 0.787. The molecule has 1 aliphatic carbocycles. The Bertz CT molecular complexity index is 317. The van der Waals surface area contributed by atoms with Crippen molar-refractivity contribution in [3.05, 3.63) is 12.2 Å². The van der Waals surface area contributed by atoms with E-state index in [1.165, 1.54) is 24.3 Å². The van der Waals surface area contributed by atoms with Crippen molar-refractivity contribution >= 4 is 11.8 Å². The number of ether oxygens (including phenoxy) is 1. The van der Waals surface area contributed by atoms with E-state index >= 15 is 0 Å². The van der Waals surface area contributed by atoms with Gasteiger partial charge in [-0.3, -0.25) is 0 Å². The first-order valence-corrected chi connectivity index (χ1v) is 8.99. The van der Waals surface area contributed by atoms with E-state index in [0.717, 1.165) is 38.7 Å². The molecule has 3 aliphatic rings. The fraction of sp³-hybridized carbons (Fsp3) is 0.875. The van der Waals surface area contributed by atoms with Crippen molar-refractivity contribution in [3.8, 4) is 0 Å². The van der Waals surface area contributed by atoms with Crippen molar-refractivity contribution in [2.75, 3.05) is 18.1 Å². The molecule has 3 heteroatoms. The molecule has 2 fully saturated rings. The van der Waals surface area contributed by atoms with E-state index in [2.05, 4.69) is 12.2 Å². The van der Waals surface area contributed by atoms with Crippen molar-refractivity contribution in [2.24, 2.45) is 11.8 Å². The maximum absolute atomic E-state index is 10.7. The highest BCUT2D eigenvalue weighted by atomic mass is 32.2. The predicted molar refractivity (Wildman–Crippen MR) is 80.5 cm³/mol. The van der Waals surface area contributed by atoms with Gasteiger partial charge in [-0.2, -0.15) is 11.8 Å². The topological polar surface area (TPSA) is 29.5 Å². The molecule has 0 amide bonds. The predicted octanol–water partition coefficient (Wildman–Crippen LogP) is 3.40. The second-order valence-electron chi connectivity index (χ2n) is 6.43. The number of hydrogen-bond acceptors (Lipinski definition) is 3. The van der Waals surface area contributed by atoms with E-state index in [4.69, 9.17) is 4.74 Å². The Morgan fingerprint density at radius 1 is 1.16 bits per heavy atom. The first kappa shape index (κ1) is 14.0. The summed E-state index contributed by atoms with van der Waals surface area (Å²) in [6.45, 7) is 0.856. The highest BCUT2D eigenvalue weighted by molar-refractivity contribution is 7.99. The largest absolute Gasteiger partial charge is 0.393 e. The molecule has 2 aliphatic heterocycles. The molecule has 19 heavy (non-hydrogen) atoms. The number of allylic oxidation sites excluding steroid dienone is 2. The summed E-state index contributed by atoms with van der Waals surface area (Å²) in [5.41, 5.74) is 0.111. The van der Waals surface area contributed by atoms with Gasteiger partial charge < -0.3 is 9.84 Å². The maximum Gasteiger partial charge on any atom is 0.0701 e. The Morgan fingerprint density at radius 3 is 2.74 bits per heavy atom. The summed E-state index contributed by atoms with van der Waals surface area (Å²) in [4.78, 5) is 0. The van der Waals surface area contributed by atoms with Crippen LogP contribution in [-0.2, 0) is 4.74 Å². The molecule has 2 saturated heterocycles. The lowest BCUT2D eigenvalue weighted by molar-refractivity contribution is -0.127. The summed E-state index contributed by atoms with van der Waals surface area (Å²) in [5.74, 6) is 3.42. The third kappa shape index (κ3) is 3.20. The Morgan fingerprint density at radius 2 is 2.00 bits per heavy atom. The Balaban J connectivity index is 1.62. The van der Waals surface area contributed by atoms with Gasteiger partial charge in [-0.1, -0.05) is 12.2 Å². The van der Waals surface area contributed by atoms with Crippen molar-refractivity contribution < 1.29 is 9.84 Å². The molecule has 0 aromatic rings. The zero-order chi connectivity index (χ0) is 13.1. The molecule has 0 bridgehead atoms. The number of hydrogen-bond donors (Lipinski definition) is 1. The van der Waals surface area contributed by atoms with E-state index in [0.29, 0.717) is 11.8 Å². The smallest absolute Gasteiger partial charge is 0.0701 e. The van der Waals surface area contributed by atoms with Gasteiger partial charge in [0.15, 0.2) is 0 Å². The van der Waals surface area contributed by atoms with Gasteiger partial charge in [0.1, 0.15) is 0 Å². The van der Waals surface area contributed by atoms with Gasteiger partial charge in [-0.25, -0.2) is 0 Å². The van der Waals surface area contributed by atoms with Crippen LogP contribution in [0.4, 0.5) is 0 Å². The Kier molecular flexibility index (Phi) is 4.55. The zero-order valence-electron chi connectivity index (χ0n) is 11.7. The van der Waals surface area contributed by atoms with E-state index in [9.17, 15) is 5.11 Å². The minimum absolute atomic E-state index is 0.111. The average molecular weight is 282 g/mol. The lowest BCUT2D eigenvalue weighted by Gasteiger charge is -2.45. The standard InChI is InChI=1S/C16H26O2S/c17-15(13-4-2-1-3-5-13)14-6-9-18-16(12-14)7-10-19-11-8-16/h1-2,13-15,17H,3-12H2. The van der Waals surface area contributed by atoms with Gasteiger partial charge in [0.2, 0.25) is 0 Å². The Labute approximate surface area is 121 Å². The minimum Gasteiger partial charge on any atom is -0.393 e. The molecule has 0 radical (unpaired) electrons. The van der Waals surface area contributed by atoms with E-state index < -0.39 is 0 Å². The van der Waals surface area contributed by atoms with Crippen molar-refractivity contribution in [3.63, 3.8) is 0 Å². The van der Waals surface area contributed by atoms with Gasteiger partial charge in [0.25, 0.3) is 0 Å². The number of aliphatic hydroxyl groups is 1. The van der Waals surface area contributed by atoms with Gasteiger partial charge in [0, 0.05) is 6.61 Å². The zero-order valence-corrected chi connectivity index (χ0v) is 12.5. The van der Waals surface area contributed by atoms with Crippen LogP contribution in [0.25, 0.3) is 0 Å². The van der Waals surface area contributed by atoms with Crippen molar-refractivity contribution in [1.82, 2.24) is 0 Å². The first-order chi connectivity index (χ1) is 9.29. The van der Waals surface area contributed by atoms with Crippen LogP contribution in [-0.4, -0.2) is 34.9 Å². The summed E-state index contributed by atoms with van der Waals surface area (Å²) in [6, 6.07) is 0. The molecule has 0 aromatic carbocycles. The summed E-state index contributed by atoms with van der Waals surface area (Å²) in [6.07, 6.45) is 12.3. The number of thioether (sulfide) groups is 1. The third-order valence-electron chi connectivity index (χ3n) is 5.21. The Hall–Kier alpha value is 0.01000. The summed E-state index contributed by atoms with van der Waals surface area (Å²) in [5, 5.41) is 10.7. The monoisotopic (exact) mass is 282 g/mol. The van der Waals surface area contributed by atoms with Crippen LogP contribution in [0.5, 0.6) is 0 Å². The number of rotatable bonds is 2.